The number of carbonyl (C=O) groups is 1. The first-order chi connectivity index (χ1) is 20.3. The molecule has 1 saturated carbocycles. The van der Waals surface area contributed by atoms with Crippen molar-refractivity contribution >= 4 is 11.7 Å². The Morgan fingerprint density at radius 1 is 1.12 bits per heavy atom. The number of ether oxygens (including phenoxy) is 1. The Hall–Kier alpha value is -4.29. The Morgan fingerprint density at radius 2 is 1.83 bits per heavy atom. The molecule has 9 nitrogen and oxygen atoms in total. The van der Waals surface area contributed by atoms with Gasteiger partial charge in [-0.25, -0.2) is 9.31 Å². The first-order valence-electron chi connectivity index (χ1n) is 14.8. The van der Waals surface area contributed by atoms with Gasteiger partial charge in [0.25, 0.3) is 5.56 Å². The Balaban J connectivity index is 1.48. The highest BCUT2D eigenvalue weighted by molar-refractivity contribution is 5.72. The van der Waals surface area contributed by atoms with Crippen LogP contribution in [0.2, 0.25) is 0 Å². The quantitative estimate of drug-likeness (QED) is 0.263. The molecule has 1 N–H and O–H groups in total. The second-order valence-electron chi connectivity index (χ2n) is 11.1. The van der Waals surface area contributed by atoms with Crippen LogP contribution < -0.4 is 5.56 Å². The number of aryl methyl sites for hydroxylation is 2. The van der Waals surface area contributed by atoms with Gasteiger partial charge in [-0.05, 0) is 68.2 Å². The molecule has 1 unspecified atom stereocenters. The number of hydrogen-bond donors (Lipinski definition) is 1. The molecule has 0 aliphatic heterocycles. The van der Waals surface area contributed by atoms with Crippen LogP contribution in [-0.4, -0.2) is 42.4 Å². The van der Waals surface area contributed by atoms with Crippen LogP contribution in [0.15, 0.2) is 53.3 Å². The molecule has 0 amide bonds. The summed E-state index contributed by atoms with van der Waals surface area (Å²) < 4.78 is 9.55. The molecule has 218 valence electrons. The van der Waals surface area contributed by atoms with Crippen molar-refractivity contribution < 1.29 is 14.6 Å². The maximum absolute atomic E-state index is 14.3. The van der Waals surface area contributed by atoms with Crippen molar-refractivity contribution in [3.8, 4) is 17.2 Å². The molecular weight excluding hydrogens is 530 g/mol. The zero-order valence-electron chi connectivity index (χ0n) is 24.4. The van der Waals surface area contributed by atoms with Crippen LogP contribution in [0.5, 0.6) is 0 Å². The summed E-state index contributed by atoms with van der Waals surface area (Å²) >= 11 is 0. The third-order valence-electron chi connectivity index (χ3n) is 8.18. The number of hydrogen-bond acceptors (Lipinski definition) is 6. The number of aliphatic carboxylic acids is 1. The second kappa shape index (κ2) is 12.7. The normalized spacial score (nSPS) is 17.7. The zero-order valence-corrected chi connectivity index (χ0v) is 24.4. The average Bonchev–Trinajstić information content (AvgIpc) is 3.39. The summed E-state index contributed by atoms with van der Waals surface area (Å²) in [7, 11) is 0. The highest BCUT2D eigenvalue weighted by Crippen LogP contribution is 2.32. The van der Waals surface area contributed by atoms with Crippen LogP contribution >= 0.6 is 0 Å². The summed E-state index contributed by atoms with van der Waals surface area (Å²) in [5, 5.41) is 23.6. The number of nitriles is 1. The predicted octanol–water partition coefficient (Wildman–Crippen LogP) is 5.64. The van der Waals surface area contributed by atoms with E-state index in [1.54, 1.807) is 0 Å². The molecule has 1 fully saturated rings. The van der Waals surface area contributed by atoms with E-state index in [0.717, 1.165) is 34.4 Å². The van der Waals surface area contributed by atoms with E-state index < -0.39 is 12.1 Å². The molecule has 2 aromatic heterocycles. The van der Waals surface area contributed by atoms with E-state index in [1.165, 1.54) is 0 Å². The van der Waals surface area contributed by atoms with Crippen molar-refractivity contribution in [2.45, 2.75) is 90.4 Å². The summed E-state index contributed by atoms with van der Waals surface area (Å²) in [4.78, 5) is 30.5. The molecule has 42 heavy (non-hydrogen) atoms. The number of aromatic nitrogens is 4. The van der Waals surface area contributed by atoms with Crippen LogP contribution in [0.1, 0.15) is 86.6 Å². The monoisotopic (exact) mass is 567 g/mol. The average molecular weight is 568 g/mol. The van der Waals surface area contributed by atoms with Gasteiger partial charge in [-0.15, -0.1) is 0 Å². The van der Waals surface area contributed by atoms with Crippen molar-refractivity contribution in [1.82, 2.24) is 19.2 Å². The first-order valence-corrected chi connectivity index (χ1v) is 14.8. The maximum Gasteiger partial charge on any atom is 0.332 e. The standard InChI is InChI=1S/C33H37N5O4/c1-4-8-29-28(19-22-11-13-23(14-12-22)27-10-7-6-9-24(27)20-34)31(39)37(33-35-21(3)36-38(29)33)25-15-17-26(18-16-25)42-30(5-2)32(40)41/h6-7,9-14,25-26,30H,4-5,8,15-19H2,1-3H3,(H,40,41)/t25-,26-,30?. The van der Waals surface area contributed by atoms with Crippen molar-refractivity contribution in [2.24, 2.45) is 0 Å². The number of benzene rings is 2. The van der Waals surface area contributed by atoms with E-state index >= 15 is 0 Å². The lowest BCUT2D eigenvalue weighted by atomic mass is 9.92. The molecule has 0 bridgehead atoms. The van der Waals surface area contributed by atoms with Crippen molar-refractivity contribution in [2.75, 3.05) is 0 Å². The van der Waals surface area contributed by atoms with Gasteiger partial charge in [-0.2, -0.15) is 15.3 Å². The fourth-order valence-corrected chi connectivity index (χ4v) is 6.07. The van der Waals surface area contributed by atoms with Crippen LogP contribution in [0, 0.1) is 18.3 Å². The number of nitrogens with zero attached hydrogens (tertiary/aromatic N) is 5. The SMILES string of the molecule is CCCc1c(Cc2ccc(-c3ccccc3C#N)cc2)c(=O)n([C@H]2CC[C@H](OC(CC)C(=O)O)CC2)c2nc(C)nn12. The first kappa shape index (κ1) is 29.2. The molecule has 0 radical (unpaired) electrons. The van der Waals surface area contributed by atoms with Crippen LogP contribution in [0.3, 0.4) is 0 Å². The lowest BCUT2D eigenvalue weighted by Crippen LogP contribution is -2.36. The van der Waals surface area contributed by atoms with E-state index in [0.29, 0.717) is 62.1 Å². The summed E-state index contributed by atoms with van der Waals surface area (Å²) in [6.07, 6.45) is 4.24. The van der Waals surface area contributed by atoms with Crippen molar-refractivity contribution in [1.29, 1.82) is 5.26 Å². The minimum atomic E-state index is -0.935. The number of carboxylic acids is 1. The summed E-state index contributed by atoms with van der Waals surface area (Å²) in [5.41, 5.74) is 5.02. The van der Waals surface area contributed by atoms with E-state index in [1.807, 2.05) is 71.5 Å². The van der Waals surface area contributed by atoms with E-state index in [4.69, 9.17) is 9.84 Å². The van der Waals surface area contributed by atoms with E-state index in [2.05, 4.69) is 18.0 Å². The van der Waals surface area contributed by atoms with Crippen LogP contribution in [-0.2, 0) is 22.4 Å². The van der Waals surface area contributed by atoms with Gasteiger partial charge in [0.2, 0.25) is 5.78 Å². The highest BCUT2D eigenvalue weighted by atomic mass is 16.5. The molecular formula is C33H37N5O4. The topological polar surface area (TPSA) is 123 Å². The molecule has 1 aliphatic rings. The van der Waals surface area contributed by atoms with Crippen molar-refractivity contribution in [3.63, 3.8) is 0 Å². The minimum Gasteiger partial charge on any atom is -0.479 e. The lowest BCUT2D eigenvalue weighted by molar-refractivity contribution is -0.156. The molecule has 2 aromatic carbocycles. The predicted molar refractivity (Wildman–Crippen MR) is 159 cm³/mol. The third-order valence-corrected chi connectivity index (χ3v) is 8.18. The summed E-state index contributed by atoms with van der Waals surface area (Å²) in [5.74, 6) is 0.242. The Kier molecular flexibility index (Phi) is 8.83. The fraction of sp³-hybridized carbons (Fsp3) is 0.424. The molecule has 1 atom stereocenters. The van der Waals surface area contributed by atoms with Gasteiger partial charge in [-0.1, -0.05) is 62.7 Å². The van der Waals surface area contributed by atoms with Gasteiger partial charge in [0.1, 0.15) is 5.82 Å². The highest BCUT2D eigenvalue weighted by Gasteiger charge is 2.30. The van der Waals surface area contributed by atoms with Crippen molar-refractivity contribution in [3.05, 3.63) is 87.1 Å². The molecule has 1 aliphatic carbocycles. The summed E-state index contributed by atoms with van der Waals surface area (Å²) in [6, 6.07) is 17.8. The molecule has 0 spiro atoms. The van der Waals surface area contributed by atoms with Gasteiger partial charge in [0, 0.05) is 18.0 Å². The fourth-order valence-electron chi connectivity index (χ4n) is 6.07. The lowest BCUT2D eigenvalue weighted by Gasteiger charge is -2.31. The third kappa shape index (κ3) is 5.86. The Labute approximate surface area is 245 Å². The number of fused-ring (bicyclic) bond motifs is 1. The largest absolute Gasteiger partial charge is 0.479 e. The van der Waals surface area contributed by atoms with Gasteiger partial charge >= 0.3 is 5.97 Å². The number of rotatable bonds is 10. The molecule has 0 saturated heterocycles. The minimum absolute atomic E-state index is 0.0430. The van der Waals surface area contributed by atoms with Gasteiger partial charge in [0.05, 0.1) is 23.4 Å². The Morgan fingerprint density at radius 3 is 2.48 bits per heavy atom. The number of carboxylic acid groups (broad SMARTS) is 1. The smallest absolute Gasteiger partial charge is 0.332 e. The van der Waals surface area contributed by atoms with Crippen LogP contribution in [0.4, 0.5) is 0 Å². The molecule has 4 aromatic rings. The molecule has 5 rings (SSSR count). The second-order valence-corrected chi connectivity index (χ2v) is 11.1. The van der Waals surface area contributed by atoms with E-state index in [9.17, 15) is 20.0 Å². The van der Waals surface area contributed by atoms with Gasteiger partial charge in [-0.3, -0.25) is 9.36 Å². The molecule has 2 heterocycles. The van der Waals surface area contributed by atoms with Crippen LogP contribution in [0.25, 0.3) is 16.9 Å². The van der Waals surface area contributed by atoms with Gasteiger partial charge in [0.15, 0.2) is 6.10 Å². The zero-order chi connectivity index (χ0) is 29.8. The van der Waals surface area contributed by atoms with E-state index in [-0.39, 0.29) is 17.7 Å². The molecule has 9 heteroatoms. The maximum atomic E-state index is 14.3. The van der Waals surface area contributed by atoms with Gasteiger partial charge < -0.3 is 9.84 Å². The summed E-state index contributed by atoms with van der Waals surface area (Å²) in [6.45, 7) is 5.75. The Bertz CT molecular complexity index is 1670.